The molecule has 27 heavy (non-hydrogen) atoms. The van der Waals surface area contributed by atoms with Crippen molar-refractivity contribution in [2.75, 3.05) is 44.2 Å². The quantitative estimate of drug-likeness (QED) is 0.836. The minimum Gasteiger partial charge on any atom is -0.368 e. The highest BCUT2D eigenvalue weighted by Gasteiger charge is 2.21. The molecule has 2 saturated heterocycles. The van der Waals surface area contributed by atoms with E-state index in [0.717, 1.165) is 64.3 Å². The van der Waals surface area contributed by atoms with E-state index < -0.39 is 0 Å². The average Bonchev–Trinajstić information content (AvgIpc) is 2.75. The number of hydrogen-bond donors (Lipinski definition) is 0. The van der Waals surface area contributed by atoms with Gasteiger partial charge >= 0.3 is 0 Å². The lowest BCUT2D eigenvalue weighted by molar-refractivity contribution is 0.0718. The van der Waals surface area contributed by atoms with Crippen molar-refractivity contribution in [2.24, 2.45) is 0 Å². The van der Waals surface area contributed by atoms with E-state index in [4.69, 9.17) is 0 Å². The molecule has 0 saturated carbocycles. The number of aromatic nitrogens is 1. The molecule has 1 aromatic heterocycles. The fraction of sp³-hybridized carbons (Fsp3) is 0.455. The number of piperidine rings is 1. The normalized spacial score (nSPS) is 18.5. The Kier molecular flexibility index (Phi) is 5.68. The molecule has 0 bridgehead atoms. The molecule has 142 valence electrons. The van der Waals surface area contributed by atoms with Crippen LogP contribution in [0.5, 0.6) is 0 Å². The number of piperazine rings is 1. The van der Waals surface area contributed by atoms with Crippen LogP contribution in [0.3, 0.4) is 0 Å². The third kappa shape index (κ3) is 4.48. The number of amides is 1. The summed E-state index contributed by atoms with van der Waals surface area (Å²) in [5.74, 6) is 0.0777. The van der Waals surface area contributed by atoms with Crippen molar-refractivity contribution in [1.82, 2.24) is 14.8 Å². The molecule has 0 N–H and O–H groups in total. The van der Waals surface area contributed by atoms with Gasteiger partial charge in [0.25, 0.3) is 5.91 Å². The number of carbonyl (C=O) groups is 1. The molecule has 2 aromatic rings. The Hall–Kier alpha value is -2.40. The van der Waals surface area contributed by atoms with Gasteiger partial charge in [0.2, 0.25) is 0 Å². The zero-order chi connectivity index (χ0) is 18.5. The molecular formula is C22H28N4O. The van der Waals surface area contributed by atoms with Crippen LogP contribution in [0.1, 0.15) is 35.3 Å². The maximum absolute atomic E-state index is 12.5. The second-order valence-corrected chi connectivity index (χ2v) is 7.50. The van der Waals surface area contributed by atoms with Crippen LogP contribution in [-0.4, -0.2) is 60.0 Å². The highest BCUT2D eigenvalue weighted by atomic mass is 16.2. The lowest BCUT2D eigenvalue weighted by Gasteiger charge is -2.36. The molecule has 1 amide bonds. The summed E-state index contributed by atoms with van der Waals surface area (Å²) in [6.07, 6.45) is 5.31. The molecule has 0 aliphatic carbocycles. The van der Waals surface area contributed by atoms with Crippen molar-refractivity contribution < 1.29 is 4.79 Å². The van der Waals surface area contributed by atoms with Crippen LogP contribution in [-0.2, 0) is 6.54 Å². The summed E-state index contributed by atoms with van der Waals surface area (Å²) in [4.78, 5) is 23.8. The lowest BCUT2D eigenvalue weighted by Crippen LogP contribution is -2.46. The monoisotopic (exact) mass is 364 g/mol. The SMILES string of the molecule is O=C(c1ccc(N2CCN(Cc3ccccc3)CC2)cn1)N1CCCCC1. The number of benzene rings is 1. The zero-order valence-electron chi connectivity index (χ0n) is 15.9. The van der Waals surface area contributed by atoms with E-state index in [-0.39, 0.29) is 5.91 Å². The largest absolute Gasteiger partial charge is 0.368 e. The molecule has 5 nitrogen and oxygen atoms in total. The number of pyridine rings is 1. The Labute approximate surface area is 161 Å². The van der Waals surface area contributed by atoms with Gasteiger partial charge in [-0.1, -0.05) is 30.3 Å². The highest BCUT2D eigenvalue weighted by molar-refractivity contribution is 5.92. The summed E-state index contributed by atoms with van der Waals surface area (Å²) in [6.45, 7) is 6.82. The van der Waals surface area contributed by atoms with Gasteiger partial charge in [0.05, 0.1) is 11.9 Å². The first-order valence-electron chi connectivity index (χ1n) is 10.1. The van der Waals surface area contributed by atoms with Gasteiger partial charge in [0.1, 0.15) is 5.69 Å². The second kappa shape index (κ2) is 8.53. The van der Waals surface area contributed by atoms with Crippen molar-refractivity contribution in [3.63, 3.8) is 0 Å². The van der Waals surface area contributed by atoms with Crippen LogP contribution in [0.15, 0.2) is 48.7 Å². The Morgan fingerprint density at radius 3 is 2.26 bits per heavy atom. The summed E-state index contributed by atoms with van der Waals surface area (Å²) in [5, 5.41) is 0. The molecule has 3 heterocycles. The summed E-state index contributed by atoms with van der Waals surface area (Å²) in [7, 11) is 0. The number of nitrogens with zero attached hydrogens (tertiary/aromatic N) is 4. The van der Waals surface area contributed by atoms with Crippen LogP contribution in [0, 0.1) is 0 Å². The summed E-state index contributed by atoms with van der Waals surface area (Å²) in [5.41, 5.74) is 3.06. The fourth-order valence-corrected chi connectivity index (χ4v) is 3.96. The van der Waals surface area contributed by atoms with E-state index in [0.29, 0.717) is 5.69 Å². The smallest absolute Gasteiger partial charge is 0.272 e. The van der Waals surface area contributed by atoms with Gasteiger partial charge in [-0.25, -0.2) is 4.98 Å². The van der Waals surface area contributed by atoms with E-state index >= 15 is 0 Å². The zero-order valence-corrected chi connectivity index (χ0v) is 15.9. The van der Waals surface area contributed by atoms with E-state index in [1.54, 1.807) is 0 Å². The predicted octanol–water partition coefficient (Wildman–Crippen LogP) is 3.03. The van der Waals surface area contributed by atoms with Crippen molar-refractivity contribution in [1.29, 1.82) is 0 Å². The number of carbonyl (C=O) groups excluding carboxylic acids is 1. The maximum Gasteiger partial charge on any atom is 0.272 e. The standard InChI is InChI=1S/C22H28N4O/c27-22(26-11-5-2-6-12-26)21-10-9-20(17-23-21)25-15-13-24(14-16-25)18-19-7-3-1-4-8-19/h1,3-4,7-10,17H,2,5-6,11-16,18H2. The van der Waals surface area contributed by atoms with E-state index in [2.05, 4.69) is 51.2 Å². The van der Waals surface area contributed by atoms with E-state index in [1.807, 2.05) is 17.2 Å². The Balaban J connectivity index is 1.31. The summed E-state index contributed by atoms with van der Waals surface area (Å²) >= 11 is 0. The molecule has 0 atom stereocenters. The van der Waals surface area contributed by atoms with Crippen molar-refractivity contribution >= 4 is 11.6 Å². The highest BCUT2D eigenvalue weighted by Crippen LogP contribution is 2.18. The van der Waals surface area contributed by atoms with Gasteiger partial charge in [-0.2, -0.15) is 0 Å². The number of anilines is 1. The van der Waals surface area contributed by atoms with Crippen LogP contribution >= 0.6 is 0 Å². The molecule has 0 radical (unpaired) electrons. The molecular weight excluding hydrogens is 336 g/mol. The predicted molar refractivity (Wildman–Crippen MR) is 108 cm³/mol. The first-order valence-corrected chi connectivity index (χ1v) is 10.1. The number of rotatable bonds is 4. The van der Waals surface area contributed by atoms with Crippen molar-refractivity contribution in [3.8, 4) is 0 Å². The molecule has 0 spiro atoms. The Morgan fingerprint density at radius 2 is 1.59 bits per heavy atom. The topological polar surface area (TPSA) is 39.7 Å². The van der Waals surface area contributed by atoms with Crippen molar-refractivity contribution in [2.45, 2.75) is 25.8 Å². The van der Waals surface area contributed by atoms with Crippen LogP contribution < -0.4 is 4.90 Å². The molecule has 5 heteroatoms. The molecule has 0 unspecified atom stereocenters. The molecule has 2 fully saturated rings. The molecule has 4 rings (SSSR count). The molecule has 2 aliphatic heterocycles. The first-order chi connectivity index (χ1) is 13.3. The van der Waals surface area contributed by atoms with E-state index in [9.17, 15) is 4.79 Å². The summed E-state index contributed by atoms with van der Waals surface area (Å²) in [6, 6.07) is 14.6. The Morgan fingerprint density at radius 1 is 0.852 bits per heavy atom. The first kappa shape index (κ1) is 18.0. The Bertz CT molecular complexity index is 733. The van der Waals surface area contributed by atoms with Gasteiger partial charge in [0, 0.05) is 45.8 Å². The van der Waals surface area contributed by atoms with Gasteiger partial charge in [-0.15, -0.1) is 0 Å². The molecule has 1 aromatic carbocycles. The minimum absolute atomic E-state index is 0.0777. The van der Waals surface area contributed by atoms with Crippen LogP contribution in [0.2, 0.25) is 0 Å². The number of hydrogen-bond acceptors (Lipinski definition) is 4. The van der Waals surface area contributed by atoms with Gasteiger partial charge in [-0.3, -0.25) is 9.69 Å². The third-order valence-electron chi connectivity index (χ3n) is 5.60. The minimum atomic E-state index is 0.0777. The van der Waals surface area contributed by atoms with Gasteiger partial charge < -0.3 is 9.80 Å². The van der Waals surface area contributed by atoms with E-state index in [1.165, 1.54) is 12.0 Å². The second-order valence-electron chi connectivity index (χ2n) is 7.50. The maximum atomic E-state index is 12.5. The van der Waals surface area contributed by atoms with Crippen LogP contribution in [0.4, 0.5) is 5.69 Å². The van der Waals surface area contributed by atoms with Gasteiger partial charge in [-0.05, 0) is 37.0 Å². The fourth-order valence-electron chi connectivity index (χ4n) is 3.96. The average molecular weight is 364 g/mol. The molecule has 2 aliphatic rings. The van der Waals surface area contributed by atoms with Crippen LogP contribution in [0.25, 0.3) is 0 Å². The summed E-state index contributed by atoms with van der Waals surface area (Å²) < 4.78 is 0. The lowest BCUT2D eigenvalue weighted by atomic mass is 10.1. The van der Waals surface area contributed by atoms with Gasteiger partial charge in [0.15, 0.2) is 0 Å². The number of likely N-dealkylation sites (tertiary alicyclic amines) is 1. The third-order valence-corrected chi connectivity index (χ3v) is 5.60. The van der Waals surface area contributed by atoms with Crippen molar-refractivity contribution in [3.05, 3.63) is 59.9 Å².